The first kappa shape index (κ1) is 18.1. The Bertz CT molecular complexity index is 361. The van der Waals surface area contributed by atoms with E-state index < -0.39 is 12.0 Å². The van der Waals surface area contributed by atoms with Gasteiger partial charge in [0.05, 0.1) is 5.37 Å². The van der Waals surface area contributed by atoms with Gasteiger partial charge in [-0.2, -0.15) is 0 Å². The Morgan fingerprint density at radius 2 is 1.95 bits per heavy atom. The molecule has 0 saturated carbocycles. The Kier molecular flexibility index (Phi) is 7.35. The van der Waals surface area contributed by atoms with Gasteiger partial charge in [0.25, 0.3) is 0 Å². The summed E-state index contributed by atoms with van der Waals surface area (Å²) in [6, 6.07) is -0.875. The zero-order valence-corrected chi connectivity index (χ0v) is 14.3. The molecule has 0 aliphatic carbocycles. The maximum Gasteiger partial charge on any atom is 0.327 e. The van der Waals surface area contributed by atoms with E-state index in [9.17, 15) is 14.7 Å². The van der Waals surface area contributed by atoms with E-state index in [0.717, 1.165) is 25.7 Å². The van der Waals surface area contributed by atoms with E-state index in [1.54, 1.807) is 11.8 Å². The Morgan fingerprint density at radius 3 is 2.43 bits per heavy atom. The van der Waals surface area contributed by atoms with E-state index >= 15 is 0 Å². The lowest BCUT2D eigenvalue weighted by atomic mass is 9.96. The smallest absolute Gasteiger partial charge is 0.327 e. The Morgan fingerprint density at radius 1 is 1.33 bits per heavy atom. The molecule has 1 aliphatic rings. The lowest BCUT2D eigenvalue weighted by Gasteiger charge is -2.31. The van der Waals surface area contributed by atoms with Crippen LogP contribution in [0.25, 0.3) is 0 Å². The van der Waals surface area contributed by atoms with Gasteiger partial charge in [0.15, 0.2) is 0 Å². The molecule has 0 bridgehead atoms. The van der Waals surface area contributed by atoms with Gasteiger partial charge >= 0.3 is 12.0 Å². The molecule has 6 heteroatoms. The summed E-state index contributed by atoms with van der Waals surface area (Å²) in [5.41, 5.74) is 0. The molecular weight excluding hydrogens is 288 g/mol. The number of carboxylic acid groups (broad SMARTS) is 1. The van der Waals surface area contributed by atoms with Crippen LogP contribution < -0.4 is 5.32 Å². The van der Waals surface area contributed by atoms with E-state index in [1.165, 1.54) is 4.90 Å². The fourth-order valence-corrected chi connectivity index (χ4v) is 4.39. The van der Waals surface area contributed by atoms with Gasteiger partial charge in [0.1, 0.15) is 6.04 Å². The second-order valence-corrected chi connectivity index (χ2v) is 6.86. The van der Waals surface area contributed by atoms with Crippen molar-refractivity contribution in [2.45, 2.75) is 70.8 Å². The van der Waals surface area contributed by atoms with Crippen molar-refractivity contribution in [2.24, 2.45) is 5.92 Å². The fourth-order valence-electron chi connectivity index (χ4n) is 2.88. The van der Waals surface area contributed by atoms with Gasteiger partial charge in [-0.05, 0) is 19.3 Å². The number of urea groups is 1. The number of carbonyl (C=O) groups is 2. The molecule has 1 heterocycles. The van der Waals surface area contributed by atoms with Crippen molar-refractivity contribution in [1.29, 1.82) is 0 Å². The number of aliphatic carboxylic acids is 1. The third-order valence-electron chi connectivity index (χ3n) is 4.25. The maximum atomic E-state index is 12.5. The SMILES string of the molecule is CCCC1SCC(C(=O)O)N1C(=O)NC(C)C(CC)CC. The first-order valence-electron chi connectivity index (χ1n) is 7.89. The highest BCUT2D eigenvalue weighted by Gasteiger charge is 2.41. The average Bonchev–Trinajstić information content (AvgIpc) is 2.84. The largest absolute Gasteiger partial charge is 0.480 e. The van der Waals surface area contributed by atoms with Gasteiger partial charge in [0, 0.05) is 11.8 Å². The van der Waals surface area contributed by atoms with Crippen LogP contribution in [-0.2, 0) is 4.79 Å². The molecule has 1 saturated heterocycles. The third kappa shape index (κ3) is 4.53. The predicted molar refractivity (Wildman–Crippen MR) is 86.5 cm³/mol. The molecule has 0 aromatic rings. The van der Waals surface area contributed by atoms with Crippen LogP contribution in [0.5, 0.6) is 0 Å². The Labute approximate surface area is 131 Å². The minimum absolute atomic E-state index is 0.0231. The molecule has 3 unspecified atom stereocenters. The summed E-state index contributed by atoms with van der Waals surface area (Å²) >= 11 is 1.57. The Balaban J connectivity index is 2.77. The minimum Gasteiger partial charge on any atom is -0.480 e. The van der Waals surface area contributed by atoms with E-state index in [4.69, 9.17) is 0 Å². The molecule has 5 nitrogen and oxygen atoms in total. The molecule has 1 fully saturated rings. The highest BCUT2D eigenvalue weighted by atomic mass is 32.2. The van der Waals surface area contributed by atoms with Crippen molar-refractivity contribution >= 4 is 23.8 Å². The first-order chi connectivity index (χ1) is 9.96. The van der Waals surface area contributed by atoms with Gasteiger partial charge in [-0.15, -0.1) is 11.8 Å². The highest BCUT2D eigenvalue weighted by Crippen LogP contribution is 2.32. The normalized spacial score (nSPS) is 23.4. The molecule has 0 radical (unpaired) electrons. The second kappa shape index (κ2) is 8.51. The highest BCUT2D eigenvalue weighted by molar-refractivity contribution is 8.00. The number of nitrogens with zero attached hydrogens (tertiary/aromatic N) is 1. The van der Waals surface area contributed by atoms with E-state index in [-0.39, 0.29) is 17.4 Å². The second-order valence-electron chi connectivity index (χ2n) is 5.65. The van der Waals surface area contributed by atoms with Crippen molar-refractivity contribution in [3.05, 3.63) is 0 Å². The quantitative estimate of drug-likeness (QED) is 0.757. The van der Waals surface area contributed by atoms with Crippen molar-refractivity contribution in [3.63, 3.8) is 0 Å². The maximum absolute atomic E-state index is 12.5. The molecule has 1 aliphatic heterocycles. The van der Waals surface area contributed by atoms with E-state index in [0.29, 0.717) is 11.7 Å². The number of nitrogens with one attached hydrogen (secondary N) is 1. The zero-order valence-electron chi connectivity index (χ0n) is 13.5. The minimum atomic E-state index is -0.911. The van der Waals surface area contributed by atoms with E-state index in [1.807, 2.05) is 6.92 Å². The molecular formula is C15H28N2O3S. The lowest BCUT2D eigenvalue weighted by molar-refractivity contribution is -0.141. The monoisotopic (exact) mass is 316 g/mol. The number of amides is 2. The summed E-state index contributed by atoms with van der Waals surface area (Å²) in [4.78, 5) is 25.4. The van der Waals surface area contributed by atoms with Crippen LogP contribution in [0.1, 0.15) is 53.4 Å². The van der Waals surface area contributed by atoms with Crippen molar-refractivity contribution in [2.75, 3.05) is 5.75 Å². The zero-order chi connectivity index (χ0) is 16.0. The number of carbonyl (C=O) groups excluding carboxylic acids is 1. The van der Waals surface area contributed by atoms with Gasteiger partial charge < -0.3 is 10.4 Å². The van der Waals surface area contributed by atoms with Crippen LogP contribution in [0, 0.1) is 5.92 Å². The third-order valence-corrected chi connectivity index (χ3v) is 5.61. The fraction of sp³-hybridized carbons (Fsp3) is 0.867. The Hall–Kier alpha value is -0.910. The average molecular weight is 316 g/mol. The molecule has 21 heavy (non-hydrogen) atoms. The molecule has 122 valence electrons. The van der Waals surface area contributed by atoms with Crippen LogP contribution in [-0.4, -0.2) is 45.2 Å². The van der Waals surface area contributed by atoms with Gasteiger partial charge in [-0.1, -0.05) is 40.0 Å². The van der Waals surface area contributed by atoms with Gasteiger partial charge in [-0.25, -0.2) is 9.59 Å². The van der Waals surface area contributed by atoms with E-state index in [2.05, 4.69) is 26.1 Å². The number of thioether (sulfide) groups is 1. The number of hydrogen-bond donors (Lipinski definition) is 2. The summed E-state index contributed by atoms with van der Waals surface area (Å²) in [6.45, 7) is 8.28. The summed E-state index contributed by atoms with van der Waals surface area (Å²) in [5, 5.41) is 12.3. The summed E-state index contributed by atoms with van der Waals surface area (Å²) < 4.78 is 0. The van der Waals surface area contributed by atoms with Crippen molar-refractivity contribution < 1.29 is 14.7 Å². The molecule has 3 atom stereocenters. The number of hydrogen-bond acceptors (Lipinski definition) is 3. The predicted octanol–water partition coefficient (Wildman–Crippen LogP) is 3.15. The molecule has 0 spiro atoms. The number of rotatable bonds is 7. The molecule has 0 aromatic heterocycles. The summed E-state index contributed by atoms with van der Waals surface area (Å²) in [7, 11) is 0. The van der Waals surface area contributed by atoms with Crippen LogP contribution in [0.15, 0.2) is 0 Å². The molecule has 0 aromatic carbocycles. The molecule has 2 amide bonds. The van der Waals surface area contributed by atoms with Crippen molar-refractivity contribution in [1.82, 2.24) is 10.2 Å². The molecule has 2 N–H and O–H groups in total. The van der Waals surface area contributed by atoms with Crippen molar-refractivity contribution in [3.8, 4) is 0 Å². The summed E-state index contributed by atoms with van der Waals surface area (Å²) in [5.74, 6) is -0.00387. The summed E-state index contributed by atoms with van der Waals surface area (Å²) in [6.07, 6.45) is 3.79. The standard InChI is InChI=1S/C15H28N2O3S/c1-5-8-13-17(12(9-21-13)14(18)19)15(20)16-10(4)11(6-2)7-3/h10-13H,5-9H2,1-4H3,(H,16,20)(H,18,19). The lowest BCUT2D eigenvalue weighted by Crippen LogP contribution is -2.53. The van der Waals surface area contributed by atoms with Gasteiger partial charge in [0.2, 0.25) is 0 Å². The molecule has 1 rings (SSSR count). The van der Waals surface area contributed by atoms with Crippen LogP contribution >= 0.6 is 11.8 Å². The topological polar surface area (TPSA) is 69.6 Å². The van der Waals surface area contributed by atoms with Crippen LogP contribution in [0.4, 0.5) is 4.79 Å². The van der Waals surface area contributed by atoms with Crippen LogP contribution in [0.3, 0.4) is 0 Å². The van der Waals surface area contributed by atoms with Gasteiger partial charge in [-0.3, -0.25) is 4.90 Å². The van der Waals surface area contributed by atoms with Crippen LogP contribution in [0.2, 0.25) is 0 Å². The first-order valence-corrected chi connectivity index (χ1v) is 8.94. The number of carboxylic acids is 1.